The standard InChI is InChI=1S/C23H32N4O2/c1-4-5-12-24-22(28)17-25-13-15-26(16-14-25)23(29)20-8-10-21(11-9-20)27-18(2)6-7-19(27)3/h6-11H,4-5,12-17H2,1-3H3,(H,24,28). The van der Waals surface area contributed by atoms with Gasteiger partial charge in [0.05, 0.1) is 6.54 Å². The third-order valence-corrected chi connectivity index (χ3v) is 5.52. The van der Waals surface area contributed by atoms with E-state index in [0.717, 1.165) is 38.2 Å². The average molecular weight is 397 g/mol. The lowest BCUT2D eigenvalue weighted by atomic mass is 10.1. The van der Waals surface area contributed by atoms with Gasteiger partial charge in [-0.05, 0) is 56.7 Å². The molecule has 0 spiro atoms. The van der Waals surface area contributed by atoms with E-state index in [0.29, 0.717) is 25.2 Å². The maximum absolute atomic E-state index is 12.9. The third kappa shape index (κ3) is 5.26. The SMILES string of the molecule is CCCCNC(=O)CN1CCN(C(=O)c2ccc(-n3c(C)ccc3C)cc2)CC1. The van der Waals surface area contributed by atoms with E-state index in [1.54, 1.807) is 0 Å². The molecule has 0 bridgehead atoms. The fourth-order valence-electron chi connectivity index (χ4n) is 3.78. The molecule has 1 N–H and O–H groups in total. The molecule has 0 atom stereocenters. The van der Waals surface area contributed by atoms with Crippen molar-refractivity contribution in [1.29, 1.82) is 0 Å². The number of benzene rings is 1. The van der Waals surface area contributed by atoms with Crippen molar-refractivity contribution in [3.63, 3.8) is 0 Å². The van der Waals surface area contributed by atoms with Gasteiger partial charge < -0.3 is 14.8 Å². The highest BCUT2D eigenvalue weighted by molar-refractivity contribution is 5.94. The lowest BCUT2D eigenvalue weighted by Gasteiger charge is -2.34. The summed E-state index contributed by atoms with van der Waals surface area (Å²) in [5.74, 6) is 0.133. The number of carbonyl (C=O) groups is 2. The minimum atomic E-state index is 0.0598. The third-order valence-electron chi connectivity index (χ3n) is 5.52. The molecule has 2 amide bonds. The van der Waals surface area contributed by atoms with Crippen LogP contribution in [0, 0.1) is 13.8 Å². The molecule has 2 heterocycles. The normalized spacial score (nSPS) is 14.8. The molecule has 0 radical (unpaired) electrons. The lowest BCUT2D eigenvalue weighted by Crippen LogP contribution is -2.51. The van der Waals surface area contributed by atoms with E-state index in [2.05, 4.69) is 47.7 Å². The highest BCUT2D eigenvalue weighted by Crippen LogP contribution is 2.18. The zero-order valence-corrected chi connectivity index (χ0v) is 17.8. The highest BCUT2D eigenvalue weighted by atomic mass is 16.2. The molecule has 1 fully saturated rings. The molecule has 1 aromatic heterocycles. The Morgan fingerprint density at radius 3 is 2.14 bits per heavy atom. The van der Waals surface area contributed by atoms with Gasteiger partial charge in [-0.3, -0.25) is 14.5 Å². The van der Waals surface area contributed by atoms with E-state index in [1.165, 1.54) is 11.4 Å². The molecule has 1 aromatic carbocycles. The monoisotopic (exact) mass is 396 g/mol. The number of aromatic nitrogens is 1. The summed E-state index contributed by atoms with van der Waals surface area (Å²) in [5, 5.41) is 2.95. The van der Waals surface area contributed by atoms with E-state index in [1.807, 2.05) is 29.2 Å². The summed E-state index contributed by atoms with van der Waals surface area (Å²) < 4.78 is 2.18. The predicted octanol–water partition coefficient (Wildman–Crippen LogP) is 2.77. The molecule has 3 rings (SSSR count). The van der Waals surface area contributed by atoms with Crippen LogP contribution in [0.15, 0.2) is 36.4 Å². The Bertz CT molecular complexity index is 814. The summed E-state index contributed by atoms with van der Waals surface area (Å²) in [6.45, 7) is 10.2. The summed E-state index contributed by atoms with van der Waals surface area (Å²) >= 11 is 0. The summed E-state index contributed by atoms with van der Waals surface area (Å²) in [6.07, 6.45) is 2.09. The first-order valence-corrected chi connectivity index (χ1v) is 10.5. The first kappa shape index (κ1) is 21.1. The predicted molar refractivity (Wildman–Crippen MR) is 116 cm³/mol. The van der Waals surface area contributed by atoms with Gasteiger partial charge in [-0.15, -0.1) is 0 Å². The van der Waals surface area contributed by atoms with Crippen LogP contribution in [0.5, 0.6) is 0 Å². The number of aryl methyl sites for hydroxylation is 2. The second kappa shape index (κ2) is 9.74. The van der Waals surface area contributed by atoms with Gasteiger partial charge in [-0.1, -0.05) is 13.3 Å². The van der Waals surface area contributed by atoms with Crippen molar-refractivity contribution in [3.05, 3.63) is 53.3 Å². The molecule has 29 heavy (non-hydrogen) atoms. The van der Waals surface area contributed by atoms with Gasteiger partial charge in [0, 0.05) is 55.4 Å². The number of hydrogen-bond acceptors (Lipinski definition) is 3. The Kier molecular flexibility index (Phi) is 7.09. The fourth-order valence-corrected chi connectivity index (χ4v) is 3.78. The molecule has 0 aliphatic carbocycles. The number of piperazine rings is 1. The molecule has 1 aliphatic rings. The van der Waals surface area contributed by atoms with Crippen molar-refractivity contribution >= 4 is 11.8 Å². The van der Waals surface area contributed by atoms with E-state index in [4.69, 9.17) is 0 Å². The molecule has 1 saturated heterocycles. The summed E-state index contributed by atoms with van der Waals surface area (Å²) in [6, 6.07) is 12.0. The molecular weight excluding hydrogens is 364 g/mol. The molecule has 0 saturated carbocycles. The first-order chi connectivity index (χ1) is 14.0. The number of rotatable bonds is 7. The Morgan fingerprint density at radius 1 is 0.931 bits per heavy atom. The Morgan fingerprint density at radius 2 is 1.55 bits per heavy atom. The number of carbonyl (C=O) groups excluding carboxylic acids is 2. The minimum Gasteiger partial charge on any atom is -0.355 e. The zero-order valence-electron chi connectivity index (χ0n) is 17.8. The van der Waals surface area contributed by atoms with Gasteiger partial charge in [0.15, 0.2) is 0 Å². The molecule has 2 aromatic rings. The van der Waals surface area contributed by atoms with Crippen molar-refractivity contribution in [3.8, 4) is 5.69 Å². The van der Waals surface area contributed by atoms with Crippen molar-refractivity contribution in [2.24, 2.45) is 0 Å². The second-order valence-electron chi connectivity index (χ2n) is 7.77. The van der Waals surface area contributed by atoms with E-state index < -0.39 is 0 Å². The van der Waals surface area contributed by atoms with E-state index >= 15 is 0 Å². The Balaban J connectivity index is 1.52. The van der Waals surface area contributed by atoms with Crippen LogP contribution in [0.3, 0.4) is 0 Å². The maximum atomic E-state index is 12.9. The zero-order chi connectivity index (χ0) is 20.8. The molecule has 1 aliphatic heterocycles. The summed E-state index contributed by atoms with van der Waals surface area (Å²) in [7, 11) is 0. The van der Waals surface area contributed by atoms with Gasteiger partial charge in [0.25, 0.3) is 5.91 Å². The highest BCUT2D eigenvalue weighted by Gasteiger charge is 2.23. The fraction of sp³-hybridized carbons (Fsp3) is 0.478. The van der Waals surface area contributed by atoms with E-state index in [-0.39, 0.29) is 11.8 Å². The number of nitrogens with one attached hydrogen (secondary N) is 1. The average Bonchev–Trinajstić information content (AvgIpc) is 3.06. The van der Waals surface area contributed by atoms with Gasteiger partial charge in [-0.25, -0.2) is 0 Å². The van der Waals surface area contributed by atoms with Crippen molar-refractivity contribution in [2.45, 2.75) is 33.6 Å². The van der Waals surface area contributed by atoms with Crippen LogP contribution in [0.25, 0.3) is 5.69 Å². The topological polar surface area (TPSA) is 57.6 Å². The summed E-state index contributed by atoms with van der Waals surface area (Å²) in [5.41, 5.74) is 4.13. The van der Waals surface area contributed by atoms with Crippen LogP contribution in [0.4, 0.5) is 0 Å². The quantitative estimate of drug-likeness (QED) is 0.732. The van der Waals surface area contributed by atoms with Crippen LogP contribution < -0.4 is 5.32 Å². The van der Waals surface area contributed by atoms with Crippen molar-refractivity contribution < 1.29 is 9.59 Å². The van der Waals surface area contributed by atoms with Crippen LogP contribution in [-0.2, 0) is 4.79 Å². The number of nitrogens with zero attached hydrogens (tertiary/aromatic N) is 3. The van der Waals surface area contributed by atoms with Gasteiger partial charge in [-0.2, -0.15) is 0 Å². The van der Waals surface area contributed by atoms with Crippen LogP contribution in [0.2, 0.25) is 0 Å². The molecule has 6 nitrogen and oxygen atoms in total. The van der Waals surface area contributed by atoms with Gasteiger partial charge in [0.1, 0.15) is 0 Å². The summed E-state index contributed by atoms with van der Waals surface area (Å²) in [4.78, 5) is 28.8. The smallest absolute Gasteiger partial charge is 0.253 e. The van der Waals surface area contributed by atoms with Crippen molar-refractivity contribution in [1.82, 2.24) is 19.7 Å². The molecule has 6 heteroatoms. The first-order valence-electron chi connectivity index (χ1n) is 10.5. The molecular formula is C23H32N4O2. The second-order valence-corrected chi connectivity index (χ2v) is 7.77. The van der Waals surface area contributed by atoms with Crippen LogP contribution in [0.1, 0.15) is 41.5 Å². The minimum absolute atomic E-state index is 0.0598. The largest absolute Gasteiger partial charge is 0.355 e. The number of hydrogen-bond donors (Lipinski definition) is 1. The van der Waals surface area contributed by atoms with Crippen LogP contribution >= 0.6 is 0 Å². The van der Waals surface area contributed by atoms with Gasteiger partial charge in [0.2, 0.25) is 5.91 Å². The van der Waals surface area contributed by atoms with Crippen molar-refractivity contribution in [2.75, 3.05) is 39.3 Å². The molecule has 0 unspecified atom stereocenters. The van der Waals surface area contributed by atoms with Gasteiger partial charge >= 0.3 is 0 Å². The number of unbranched alkanes of at least 4 members (excludes halogenated alkanes) is 1. The molecule has 156 valence electrons. The Labute approximate surface area is 173 Å². The maximum Gasteiger partial charge on any atom is 0.253 e. The van der Waals surface area contributed by atoms with Crippen LogP contribution in [-0.4, -0.2) is 65.4 Å². The number of amides is 2. The van der Waals surface area contributed by atoms with E-state index in [9.17, 15) is 9.59 Å². The lowest BCUT2D eigenvalue weighted by molar-refractivity contribution is -0.122. The Hall–Kier alpha value is -2.60.